The number of rotatable bonds is 7. The zero-order valence-corrected chi connectivity index (χ0v) is 13.0. The highest BCUT2D eigenvalue weighted by Gasteiger charge is 2.10. The number of hydrogen-bond donors (Lipinski definition) is 2. The minimum absolute atomic E-state index is 0.0645. The lowest BCUT2D eigenvalue weighted by molar-refractivity contribution is 0.203. The molecule has 0 spiro atoms. The molecule has 2 aromatic rings. The highest BCUT2D eigenvalue weighted by atomic mass is 16.5. The molecular weight excluding hydrogens is 264 g/mol. The normalized spacial score (nSPS) is 12.8. The van der Waals surface area contributed by atoms with E-state index in [1.165, 1.54) is 0 Å². The number of ether oxygens (including phenoxy) is 1. The van der Waals surface area contributed by atoms with Crippen LogP contribution in [-0.4, -0.2) is 35.4 Å². The fourth-order valence-electron chi connectivity index (χ4n) is 2.34. The third kappa shape index (κ3) is 4.41. The van der Waals surface area contributed by atoms with Crippen LogP contribution in [0.2, 0.25) is 0 Å². The summed E-state index contributed by atoms with van der Waals surface area (Å²) >= 11 is 0. The van der Waals surface area contributed by atoms with Gasteiger partial charge < -0.3 is 15.2 Å². The average molecular weight is 288 g/mol. The van der Waals surface area contributed by atoms with E-state index in [1.54, 1.807) is 0 Å². The summed E-state index contributed by atoms with van der Waals surface area (Å²) in [5.41, 5.74) is 1.88. The Bertz CT molecular complexity index is 584. The number of nitrogens with zero attached hydrogens (tertiary/aromatic N) is 1. The molecule has 4 heteroatoms. The van der Waals surface area contributed by atoms with Crippen LogP contribution in [0.1, 0.15) is 26.0 Å². The fourth-order valence-corrected chi connectivity index (χ4v) is 2.34. The molecule has 0 aliphatic heterocycles. The topological polar surface area (TPSA) is 54.4 Å². The summed E-state index contributed by atoms with van der Waals surface area (Å²) in [5, 5.41) is 13.7. The van der Waals surface area contributed by atoms with E-state index in [4.69, 9.17) is 4.74 Å². The quantitative estimate of drug-likeness (QED) is 0.822. The van der Waals surface area contributed by atoms with Crippen molar-refractivity contribution < 1.29 is 9.84 Å². The van der Waals surface area contributed by atoms with E-state index in [2.05, 4.69) is 30.2 Å². The van der Waals surface area contributed by atoms with Crippen LogP contribution in [0.15, 0.2) is 30.3 Å². The lowest BCUT2D eigenvalue weighted by atomic mass is 10.2. The van der Waals surface area contributed by atoms with Crippen LogP contribution < -0.4 is 10.1 Å². The molecule has 2 N–H and O–H groups in total. The maximum absolute atomic E-state index is 9.35. The van der Waals surface area contributed by atoms with Gasteiger partial charge in [-0.2, -0.15) is 0 Å². The summed E-state index contributed by atoms with van der Waals surface area (Å²) < 4.78 is 5.87. The molecule has 0 fully saturated rings. The summed E-state index contributed by atoms with van der Waals surface area (Å²) in [5.74, 6) is 0.803. The fraction of sp³-hybridized carbons (Fsp3) is 0.471. The second-order valence-corrected chi connectivity index (χ2v) is 5.62. The molecule has 2 rings (SSSR count). The van der Waals surface area contributed by atoms with Crippen molar-refractivity contribution in [3.05, 3.63) is 36.0 Å². The van der Waals surface area contributed by atoms with Crippen molar-refractivity contribution in [2.24, 2.45) is 0 Å². The van der Waals surface area contributed by atoms with E-state index in [-0.39, 0.29) is 12.6 Å². The first-order chi connectivity index (χ1) is 10.1. The van der Waals surface area contributed by atoms with Gasteiger partial charge in [-0.3, -0.25) is 0 Å². The summed E-state index contributed by atoms with van der Waals surface area (Å²) in [7, 11) is 0. The van der Waals surface area contributed by atoms with Gasteiger partial charge in [-0.15, -0.1) is 0 Å². The zero-order chi connectivity index (χ0) is 15.2. The number of aliphatic hydroxyl groups excluding tert-OH is 1. The van der Waals surface area contributed by atoms with E-state index < -0.39 is 0 Å². The molecule has 4 nitrogen and oxygen atoms in total. The molecule has 21 heavy (non-hydrogen) atoms. The van der Waals surface area contributed by atoms with Gasteiger partial charge in [0.05, 0.1) is 13.2 Å². The van der Waals surface area contributed by atoms with E-state index in [9.17, 15) is 5.11 Å². The number of benzene rings is 1. The number of fused-ring (bicyclic) bond motifs is 1. The molecule has 0 saturated heterocycles. The van der Waals surface area contributed by atoms with Gasteiger partial charge in [0.25, 0.3) is 0 Å². The Morgan fingerprint density at radius 1 is 1.24 bits per heavy atom. The van der Waals surface area contributed by atoms with Crippen molar-refractivity contribution in [1.82, 2.24) is 10.3 Å². The third-order valence-electron chi connectivity index (χ3n) is 3.34. The SMILES string of the molecule is Cc1ccc2cccc(OCCC(CO)NC(C)C)c2n1. The standard InChI is InChI=1S/C17H24N2O2/c1-12(2)18-15(11-20)9-10-21-16-6-4-5-14-8-7-13(3)19-17(14)16/h4-8,12,15,18,20H,9-11H2,1-3H3. The maximum Gasteiger partial charge on any atom is 0.145 e. The molecule has 0 saturated carbocycles. The van der Waals surface area contributed by atoms with Crippen LogP contribution in [0.4, 0.5) is 0 Å². The minimum Gasteiger partial charge on any atom is -0.491 e. The highest BCUT2D eigenvalue weighted by molar-refractivity contribution is 5.84. The maximum atomic E-state index is 9.35. The zero-order valence-electron chi connectivity index (χ0n) is 13.0. The second kappa shape index (κ2) is 7.38. The summed E-state index contributed by atoms with van der Waals surface area (Å²) in [6.07, 6.45) is 0.761. The molecule has 1 aromatic carbocycles. The van der Waals surface area contributed by atoms with Crippen LogP contribution in [-0.2, 0) is 0 Å². The van der Waals surface area contributed by atoms with E-state index >= 15 is 0 Å². The Hall–Kier alpha value is -1.65. The van der Waals surface area contributed by atoms with Crippen molar-refractivity contribution in [1.29, 1.82) is 0 Å². The smallest absolute Gasteiger partial charge is 0.145 e. The average Bonchev–Trinajstić information content (AvgIpc) is 2.46. The van der Waals surface area contributed by atoms with Crippen molar-refractivity contribution >= 4 is 10.9 Å². The molecule has 0 amide bonds. The van der Waals surface area contributed by atoms with Crippen molar-refractivity contribution in [2.45, 2.75) is 39.3 Å². The Morgan fingerprint density at radius 3 is 2.76 bits per heavy atom. The molecule has 1 atom stereocenters. The molecule has 0 aliphatic carbocycles. The number of hydrogen-bond acceptors (Lipinski definition) is 4. The lowest BCUT2D eigenvalue weighted by Gasteiger charge is -2.19. The van der Waals surface area contributed by atoms with Crippen LogP contribution in [0, 0.1) is 6.92 Å². The highest BCUT2D eigenvalue weighted by Crippen LogP contribution is 2.24. The Kier molecular flexibility index (Phi) is 5.53. The number of aliphatic hydroxyl groups is 1. The van der Waals surface area contributed by atoms with Gasteiger partial charge >= 0.3 is 0 Å². The summed E-state index contributed by atoms with van der Waals surface area (Å²) in [4.78, 5) is 4.55. The molecule has 1 heterocycles. The van der Waals surface area contributed by atoms with Gasteiger partial charge in [-0.1, -0.05) is 32.0 Å². The number of aromatic nitrogens is 1. The van der Waals surface area contributed by atoms with Crippen LogP contribution in [0.5, 0.6) is 5.75 Å². The first-order valence-electron chi connectivity index (χ1n) is 7.46. The molecule has 1 aromatic heterocycles. The minimum atomic E-state index is 0.0645. The van der Waals surface area contributed by atoms with Gasteiger partial charge in [-0.05, 0) is 25.5 Å². The number of para-hydroxylation sites is 1. The van der Waals surface area contributed by atoms with Crippen molar-refractivity contribution in [3.8, 4) is 5.75 Å². The van der Waals surface area contributed by atoms with Crippen molar-refractivity contribution in [3.63, 3.8) is 0 Å². The Morgan fingerprint density at radius 2 is 2.05 bits per heavy atom. The lowest BCUT2D eigenvalue weighted by Crippen LogP contribution is -2.38. The molecule has 0 aliphatic rings. The Balaban J connectivity index is 2.01. The largest absolute Gasteiger partial charge is 0.491 e. The van der Waals surface area contributed by atoms with Crippen LogP contribution in [0.3, 0.4) is 0 Å². The van der Waals surface area contributed by atoms with Gasteiger partial charge in [0.2, 0.25) is 0 Å². The van der Waals surface area contributed by atoms with E-state index in [1.807, 2.05) is 31.2 Å². The van der Waals surface area contributed by atoms with Gasteiger partial charge in [0.1, 0.15) is 11.3 Å². The number of aryl methyl sites for hydroxylation is 1. The second-order valence-electron chi connectivity index (χ2n) is 5.62. The summed E-state index contributed by atoms with van der Waals surface area (Å²) in [6.45, 7) is 6.79. The first kappa shape index (κ1) is 15.7. The van der Waals surface area contributed by atoms with Crippen LogP contribution in [0.25, 0.3) is 10.9 Å². The molecule has 1 unspecified atom stereocenters. The van der Waals surface area contributed by atoms with Gasteiger partial charge in [-0.25, -0.2) is 4.98 Å². The van der Waals surface area contributed by atoms with E-state index in [0.29, 0.717) is 12.6 Å². The van der Waals surface area contributed by atoms with Crippen LogP contribution >= 0.6 is 0 Å². The summed E-state index contributed by atoms with van der Waals surface area (Å²) in [6, 6.07) is 10.4. The van der Waals surface area contributed by atoms with Gasteiger partial charge in [0, 0.05) is 23.2 Å². The predicted molar refractivity (Wildman–Crippen MR) is 85.7 cm³/mol. The molecule has 0 radical (unpaired) electrons. The molecular formula is C17H24N2O2. The van der Waals surface area contributed by atoms with Gasteiger partial charge in [0.15, 0.2) is 0 Å². The number of nitrogens with one attached hydrogen (secondary N) is 1. The molecule has 114 valence electrons. The van der Waals surface area contributed by atoms with E-state index in [0.717, 1.165) is 28.8 Å². The number of pyridine rings is 1. The first-order valence-corrected chi connectivity index (χ1v) is 7.46. The Labute approximate surface area is 126 Å². The molecule has 0 bridgehead atoms. The third-order valence-corrected chi connectivity index (χ3v) is 3.34. The predicted octanol–water partition coefficient (Wildman–Crippen LogP) is 2.67. The monoisotopic (exact) mass is 288 g/mol. The van der Waals surface area contributed by atoms with Crippen molar-refractivity contribution in [2.75, 3.05) is 13.2 Å².